The van der Waals surface area contributed by atoms with Gasteiger partial charge in [-0.05, 0) is 116 Å². The number of allylic oxidation sites excluding steroid dienone is 2. The van der Waals surface area contributed by atoms with E-state index in [2.05, 4.69) is 33.0 Å². The Labute approximate surface area is 420 Å². The number of aliphatic carboxylic acids is 3. The van der Waals surface area contributed by atoms with Gasteiger partial charge in [-0.3, -0.25) is 14.4 Å². The van der Waals surface area contributed by atoms with Crippen LogP contribution < -0.4 is 5.32 Å². The van der Waals surface area contributed by atoms with Crippen LogP contribution >= 0.6 is 0 Å². The van der Waals surface area contributed by atoms with Crippen molar-refractivity contribution in [2.24, 2.45) is 55.7 Å². The van der Waals surface area contributed by atoms with Gasteiger partial charge in [0.15, 0.2) is 30.6 Å². The molecule has 1 unspecified atom stereocenters. The first-order chi connectivity index (χ1) is 33.2. The smallest absolute Gasteiger partial charge is 0.335 e. The Morgan fingerprint density at radius 1 is 0.764 bits per heavy atom. The SMILES string of the molecule is CC(C)(CO)C(O)C(=O)NCCCO.CC1(C)[C@@H](O[C@H]2O[C@H](C(=O)O)[C@@H](O)[C@H](O)[C@H]2O[C@@H]2O[C@H](C(=O)O)[C@@H](O)[C@H](O)[C@H]2O)CC[C@]2(C)[C@H]3C(=O)C=C4[C@@H]5C[C@@](C)(C(=O)O)CC[C@]5(C)CC[C@@]4(C)[C@]3(C)CC[C@@H]12. The van der Waals surface area contributed by atoms with Crippen molar-refractivity contribution in [2.45, 2.75) is 200 Å². The third-order valence-electron chi connectivity index (χ3n) is 19.3. The minimum Gasteiger partial charge on any atom is -0.481 e. The summed E-state index contributed by atoms with van der Waals surface area (Å²) >= 11 is 0. The minimum atomic E-state index is -2.05. The second-order valence-electron chi connectivity index (χ2n) is 24.5. The molecule has 2 heterocycles. The number of ether oxygens (including phenoxy) is 4. The summed E-state index contributed by atoms with van der Waals surface area (Å²) in [5, 5.41) is 112. The van der Waals surface area contributed by atoms with Gasteiger partial charge >= 0.3 is 17.9 Å². The number of ketones is 1. The van der Waals surface area contributed by atoms with Gasteiger partial charge in [0.25, 0.3) is 0 Å². The minimum absolute atomic E-state index is 0.000230. The molecule has 2 aliphatic heterocycles. The molecule has 72 heavy (non-hydrogen) atoms. The molecule has 1 amide bonds. The number of nitrogens with one attached hydrogen (secondary N) is 1. The quantitative estimate of drug-likeness (QED) is 0.0908. The van der Waals surface area contributed by atoms with Crippen LogP contribution in [0.25, 0.3) is 0 Å². The van der Waals surface area contributed by atoms with Crippen molar-refractivity contribution in [3.8, 4) is 0 Å². The largest absolute Gasteiger partial charge is 0.481 e. The second-order valence-corrected chi connectivity index (χ2v) is 24.5. The van der Waals surface area contributed by atoms with E-state index in [0.29, 0.717) is 38.6 Å². The molecule has 0 aromatic carbocycles. The number of aliphatic hydroxyl groups excluding tert-OH is 8. The van der Waals surface area contributed by atoms with Gasteiger partial charge in [-0.25, -0.2) is 9.59 Å². The number of carboxylic acid groups (broad SMARTS) is 3. The third-order valence-corrected chi connectivity index (χ3v) is 19.3. The van der Waals surface area contributed by atoms with Crippen LogP contribution in [0.2, 0.25) is 0 Å². The van der Waals surface area contributed by atoms with E-state index >= 15 is 0 Å². The molecule has 7 rings (SSSR count). The maximum absolute atomic E-state index is 14.8. The van der Waals surface area contributed by atoms with E-state index in [9.17, 15) is 69.9 Å². The maximum Gasteiger partial charge on any atom is 0.335 e. The van der Waals surface area contributed by atoms with Crippen LogP contribution in [0.5, 0.6) is 0 Å². The van der Waals surface area contributed by atoms with E-state index < -0.39 is 125 Å². The van der Waals surface area contributed by atoms with Crippen LogP contribution in [0.1, 0.15) is 127 Å². The topological polar surface area (TPSA) is 357 Å². The number of amides is 1. The lowest BCUT2D eigenvalue weighted by Crippen LogP contribution is -2.68. The van der Waals surface area contributed by atoms with Gasteiger partial charge in [-0.2, -0.15) is 0 Å². The average molecular weight is 1030 g/mol. The van der Waals surface area contributed by atoms with Crippen molar-refractivity contribution in [1.29, 1.82) is 0 Å². The second kappa shape index (κ2) is 20.7. The number of hydrogen-bond donors (Lipinski definition) is 12. The molecule has 0 radical (unpaired) electrons. The van der Waals surface area contributed by atoms with E-state index in [1.807, 2.05) is 26.8 Å². The van der Waals surface area contributed by atoms with E-state index in [0.717, 1.165) is 37.7 Å². The Morgan fingerprint density at radius 3 is 1.92 bits per heavy atom. The summed E-state index contributed by atoms with van der Waals surface area (Å²) in [6.07, 6.45) is -13.0. The van der Waals surface area contributed by atoms with Crippen molar-refractivity contribution < 1.29 is 99.1 Å². The molecular weight excluding hydrogens is 947 g/mol. The zero-order chi connectivity index (χ0) is 54.1. The molecule has 6 fully saturated rings. The first-order valence-electron chi connectivity index (χ1n) is 25.4. The molecule has 5 aliphatic carbocycles. The first-order valence-corrected chi connectivity index (χ1v) is 25.4. The molecule has 0 aromatic heterocycles. The lowest BCUT2D eigenvalue weighted by molar-refractivity contribution is -0.371. The highest BCUT2D eigenvalue weighted by molar-refractivity contribution is 5.95. The molecule has 12 N–H and O–H groups in total. The average Bonchev–Trinajstić information content (AvgIpc) is 3.30. The van der Waals surface area contributed by atoms with Gasteiger partial charge in [0.2, 0.25) is 5.91 Å². The number of carbonyl (C=O) groups is 5. The first kappa shape index (κ1) is 58.1. The summed E-state index contributed by atoms with van der Waals surface area (Å²) in [5.74, 6) is -4.99. The predicted octanol–water partition coefficient (Wildman–Crippen LogP) is 1.11. The third kappa shape index (κ3) is 9.92. The lowest BCUT2D eigenvalue weighted by atomic mass is 9.33. The fourth-order valence-corrected chi connectivity index (χ4v) is 14.2. The molecule has 0 bridgehead atoms. The zero-order valence-corrected chi connectivity index (χ0v) is 43.0. The van der Waals surface area contributed by atoms with Crippen LogP contribution in [0.15, 0.2) is 11.6 Å². The van der Waals surface area contributed by atoms with Gasteiger partial charge in [0, 0.05) is 24.5 Å². The van der Waals surface area contributed by atoms with E-state index in [1.165, 1.54) is 0 Å². The number of aliphatic hydroxyl groups is 8. The van der Waals surface area contributed by atoms with E-state index in [-0.39, 0.29) is 47.6 Å². The molecule has 4 saturated carbocycles. The van der Waals surface area contributed by atoms with Crippen LogP contribution in [0.4, 0.5) is 0 Å². The molecule has 21 nitrogen and oxygen atoms in total. The van der Waals surface area contributed by atoms with Crippen molar-refractivity contribution >= 4 is 29.6 Å². The van der Waals surface area contributed by atoms with Gasteiger partial charge in [0.05, 0.1) is 18.1 Å². The Hall–Kier alpha value is -3.19. The Bertz CT molecular complexity index is 2080. The van der Waals surface area contributed by atoms with Crippen LogP contribution in [-0.4, -0.2) is 179 Å². The van der Waals surface area contributed by atoms with Crippen molar-refractivity contribution in [2.75, 3.05) is 19.8 Å². The zero-order valence-electron chi connectivity index (χ0n) is 43.0. The highest BCUT2D eigenvalue weighted by Crippen LogP contribution is 2.75. The Kier molecular flexibility index (Phi) is 16.7. The molecule has 2 saturated heterocycles. The summed E-state index contributed by atoms with van der Waals surface area (Å²) in [5.41, 5.74) is -2.65. The Balaban J connectivity index is 0.000000528. The van der Waals surface area contributed by atoms with Crippen molar-refractivity contribution in [1.82, 2.24) is 5.32 Å². The molecule has 7 aliphatic rings. The van der Waals surface area contributed by atoms with Crippen molar-refractivity contribution in [3.63, 3.8) is 0 Å². The molecule has 0 spiro atoms. The number of fused-ring (bicyclic) bond motifs is 7. The molecule has 410 valence electrons. The normalized spacial score (nSPS) is 45.0. The van der Waals surface area contributed by atoms with Crippen LogP contribution in [0, 0.1) is 55.7 Å². The number of rotatable bonds is 13. The predicted molar refractivity (Wildman–Crippen MR) is 251 cm³/mol. The van der Waals surface area contributed by atoms with E-state index in [1.54, 1.807) is 13.8 Å². The summed E-state index contributed by atoms with van der Waals surface area (Å²) in [4.78, 5) is 62.6. The van der Waals surface area contributed by atoms with E-state index in [4.69, 9.17) is 29.2 Å². The highest BCUT2D eigenvalue weighted by Gasteiger charge is 2.71. The van der Waals surface area contributed by atoms with Gasteiger partial charge < -0.3 is 80.4 Å². The molecule has 20 atom stereocenters. The summed E-state index contributed by atoms with van der Waals surface area (Å²) in [6.45, 7) is 18.1. The van der Waals surface area contributed by atoms with Gasteiger partial charge in [-0.15, -0.1) is 0 Å². The summed E-state index contributed by atoms with van der Waals surface area (Å²) in [7, 11) is 0. The maximum atomic E-state index is 14.8. The fraction of sp³-hybridized carbons (Fsp3) is 0.863. The van der Waals surface area contributed by atoms with Crippen LogP contribution in [0.3, 0.4) is 0 Å². The van der Waals surface area contributed by atoms with Crippen molar-refractivity contribution in [3.05, 3.63) is 11.6 Å². The monoisotopic (exact) mass is 1030 g/mol. The van der Waals surface area contributed by atoms with Gasteiger partial charge in [0.1, 0.15) is 42.7 Å². The highest BCUT2D eigenvalue weighted by atomic mass is 16.8. The van der Waals surface area contributed by atoms with Crippen LogP contribution in [-0.2, 0) is 42.9 Å². The Morgan fingerprint density at radius 2 is 1.35 bits per heavy atom. The number of carbonyl (C=O) groups excluding carboxylic acids is 2. The standard InChI is InChI=1S/C42H62O16.C9H19NO4/c1-37(2)21-8-11-42(7)31(20(43)16-18-19-17-39(4,36(53)54)13-12-38(19,3)14-15-41(18,42)6)40(21,5)10-9-22(37)55-35-30(26(47)25(46)29(57-35)33(51)52)58-34-27(48)23(44)24(45)28(56-34)32(49)50;1-9(2,6-12)7(13)8(14)10-4-3-5-11/h16,19,21-31,34-35,44-48H,8-15,17H2,1-7H3,(H,49,50)(H,51,52)(H,53,54);7,11-13H,3-6H2,1-2H3,(H,10,14)/t19-,21-,22-,23-,24-,25-,26-,27+,28-,29-,30+,31+,34-,35-,38+,39-,40-,41+,42+;/m0./s1. The summed E-state index contributed by atoms with van der Waals surface area (Å²) < 4.78 is 23.4. The summed E-state index contributed by atoms with van der Waals surface area (Å²) in [6, 6.07) is 0. The number of carboxylic acids is 3. The lowest BCUT2D eigenvalue weighted by Gasteiger charge is -2.70. The molecule has 0 aromatic rings. The number of hydrogen-bond acceptors (Lipinski definition) is 17. The molecular formula is C51H81NO20. The van der Waals surface area contributed by atoms with Gasteiger partial charge in [-0.1, -0.05) is 61.0 Å². The fourth-order valence-electron chi connectivity index (χ4n) is 14.2. The molecule has 21 heteroatoms.